The zero-order valence-corrected chi connectivity index (χ0v) is 20.9. The average molecular weight is 491 g/mol. The lowest BCUT2D eigenvalue weighted by Crippen LogP contribution is -2.54. The summed E-state index contributed by atoms with van der Waals surface area (Å²) in [6, 6.07) is -0.252. The smallest absolute Gasteiger partial charge is 0.407 e. The zero-order valence-electron chi connectivity index (χ0n) is 20.9. The summed E-state index contributed by atoms with van der Waals surface area (Å²) in [5, 5.41) is 2.79. The molecule has 1 saturated heterocycles. The number of nitrogens with one attached hydrogen (secondary N) is 1. The summed E-state index contributed by atoms with van der Waals surface area (Å²) in [6.45, 7) is 16.4. The highest BCUT2D eigenvalue weighted by atomic mass is 19.1. The third kappa shape index (κ3) is 4.49. The third-order valence-electron chi connectivity index (χ3n) is 6.57. The Morgan fingerprint density at radius 3 is 2.37 bits per heavy atom. The molecule has 0 spiro atoms. The molecule has 0 bridgehead atoms. The van der Waals surface area contributed by atoms with Crippen molar-refractivity contribution in [2.75, 3.05) is 13.7 Å². The molecule has 1 amide bonds. The first kappa shape index (κ1) is 25.0. The van der Waals surface area contributed by atoms with Gasteiger partial charge in [0.1, 0.15) is 11.7 Å². The lowest BCUT2D eigenvalue weighted by molar-refractivity contribution is -0.186. The van der Waals surface area contributed by atoms with Gasteiger partial charge in [0.15, 0.2) is 11.6 Å². The van der Waals surface area contributed by atoms with Gasteiger partial charge in [0.25, 0.3) is 11.3 Å². The van der Waals surface area contributed by atoms with E-state index in [1.54, 1.807) is 34.6 Å². The Kier molecular flexibility index (Phi) is 6.12. The molecule has 1 aliphatic carbocycles. The van der Waals surface area contributed by atoms with Gasteiger partial charge in [-0.3, -0.25) is 0 Å². The van der Waals surface area contributed by atoms with Gasteiger partial charge in [-0.15, -0.1) is 0 Å². The van der Waals surface area contributed by atoms with Gasteiger partial charge in [-0.05, 0) is 40.5 Å². The van der Waals surface area contributed by atoms with Crippen molar-refractivity contribution in [2.45, 2.75) is 89.4 Å². The number of methoxy groups -OCH3 is 1. The molecular weight excluding hydrogens is 459 g/mol. The van der Waals surface area contributed by atoms with Crippen LogP contribution in [0.3, 0.4) is 0 Å². The number of hydrogen-bond donors (Lipinski definition) is 1. The number of halogens is 1. The monoisotopic (exact) mass is 490 g/mol. The highest BCUT2D eigenvalue weighted by Crippen LogP contribution is 2.57. The molecule has 3 aliphatic rings. The van der Waals surface area contributed by atoms with Crippen LogP contribution in [0, 0.1) is 19.3 Å². The van der Waals surface area contributed by atoms with Crippen molar-refractivity contribution in [1.29, 1.82) is 0 Å². The van der Waals surface area contributed by atoms with Crippen LogP contribution < -0.4 is 14.8 Å². The van der Waals surface area contributed by atoms with Crippen molar-refractivity contribution in [2.24, 2.45) is 0 Å². The van der Waals surface area contributed by atoms with E-state index in [4.69, 9.17) is 30.3 Å². The summed E-state index contributed by atoms with van der Waals surface area (Å²) in [7, 11) is 1.22. The van der Waals surface area contributed by atoms with Gasteiger partial charge in [-0.1, -0.05) is 0 Å². The van der Waals surface area contributed by atoms with E-state index < -0.39 is 40.9 Å². The van der Waals surface area contributed by atoms with Crippen LogP contribution in [0.5, 0.6) is 11.5 Å². The molecule has 3 atom stereocenters. The van der Waals surface area contributed by atoms with Gasteiger partial charge in [-0.25, -0.2) is 20.6 Å². The van der Waals surface area contributed by atoms with Crippen LogP contribution in [-0.4, -0.2) is 49.3 Å². The maximum absolute atomic E-state index is 15.8. The van der Waals surface area contributed by atoms with Crippen LogP contribution in [-0.2, 0) is 19.7 Å². The molecule has 1 aromatic rings. The Balaban J connectivity index is 1.55. The minimum atomic E-state index is -1.36. The van der Waals surface area contributed by atoms with Crippen molar-refractivity contribution in [3.63, 3.8) is 0 Å². The van der Waals surface area contributed by atoms with Gasteiger partial charge in [0, 0.05) is 25.3 Å². The van der Waals surface area contributed by atoms with Crippen LogP contribution in [0.4, 0.5) is 9.18 Å². The first-order valence-electron chi connectivity index (χ1n) is 11.7. The number of carbonyl (C=O) groups excluding carboxylic acids is 2. The Morgan fingerprint density at radius 2 is 1.86 bits per heavy atom. The van der Waals surface area contributed by atoms with Crippen molar-refractivity contribution < 1.29 is 37.7 Å². The fraction of sp³-hybridized carbons (Fsp3) is 0.640. The van der Waals surface area contributed by atoms with E-state index >= 15 is 4.39 Å². The SMILES string of the molecule is [C-]#[N+]C1(c2c(F)c3c(c(C)c2C(=O)OC)OC(C)([C@@H]2CC[C@@H](NC(=O)OC(C)(C)C)CO2)O3)CC1. The molecule has 0 aromatic heterocycles. The second-order valence-corrected chi connectivity index (χ2v) is 10.4. The van der Waals surface area contributed by atoms with E-state index in [1.165, 1.54) is 7.11 Å². The molecular formula is C25H31FN2O7. The lowest BCUT2D eigenvalue weighted by atomic mass is 9.93. The highest BCUT2D eigenvalue weighted by Gasteiger charge is 2.59. The van der Waals surface area contributed by atoms with Gasteiger partial charge in [-0.2, -0.15) is 0 Å². The molecule has 2 aliphatic heterocycles. The van der Waals surface area contributed by atoms with Crippen molar-refractivity contribution in [1.82, 2.24) is 5.32 Å². The van der Waals surface area contributed by atoms with Crippen LogP contribution >= 0.6 is 0 Å². The molecule has 35 heavy (non-hydrogen) atoms. The standard InChI is InChI=1S/C25H31FN2O7/c1-13-16(21(29)31-7)17(25(27-6)10-11-25)18(26)20-19(13)33-24(5,34-20)15-9-8-14(12-32-15)28-22(30)35-23(2,3)4/h14-15H,8-12H2,1-5,7H3,(H,28,30)/t14-,15+,24?/m1/s1. The van der Waals surface area contributed by atoms with Crippen LogP contribution in [0.1, 0.15) is 74.9 Å². The Bertz CT molecular complexity index is 1090. The number of ether oxygens (including phenoxy) is 5. The molecule has 9 nitrogen and oxygen atoms in total. The topological polar surface area (TPSA) is 96.7 Å². The van der Waals surface area contributed by atoms with E-state index in [9.17, 15) is 9.59 Å². The number of carbonyl (C=O) groups is 2. The zero-order chi connectivity index (χ0) is 25.8. The quantitative estimate of drug-likeness (QED) is 0.494. The number of rotatable bonds is 4. The molecule has 10 heteroatoms. The maximum Gasteiger partial charge on any atom is 0.407 e. The largest absolute Gasteiger partial charge is 0.465 e. The lowest BCUT2D eigenvalue weighted by Gasteiger charge is -2.37. The van der Waals surface area contributed by atoms with Crippen LogP contribution in [0.15, 0.2) is 0 Å². The third-order valence-corrected chi connectivity index (χ3v) is 6.57. The summed E-state index contributed by atoms with van der Waals surface area (Å²) >= 11 is 0. The van der Waals surface area contributed by atoms with E-state index in [-0.39, 0.29) is 35.3 Å². The Labute approximate surface area is 204 Å². The molecule has 2 heterocycles. The number of amides is 1. The van der Waals surface area contributed by atoms with E-state index in [0.29, 0.717) is 31.2 Å². The predicted molar refractivity (Wildman–Crippen MR) is 122 cm³/mol. The average Bonchev–Trinajstić information content (AvgIpc) is 3.49. The minimum Gasteiger partial charge on any atom is -0.465 e. The van der Waals surface area contributed by atoms with Crippen LogP contribution in [0.2, 0.25) is 0 Å². The summed E-state index contributed by atoms with van der Waals surface area (Å²) in [4.78, 5) is 28.3. The van der Waals surface area contributed by atoms with Crippen LogP contribution in [0.25, 0.3) is 4.85 Å². The number of nitrogens with zero attached hydrogens (tertiary/aromatic N) is 1. The van der Waals surface area contributed by atoms with Crippen molar-refractivity contribution in [3.8, 4) is 11.5 Å². The molecule has 1 unspecified atom stereocenters. The fourth-order valence-electron chi connectivity index (χ4n) is 4.65. The fourth-order valence-corrected chi connectivity index (χ4v) is 4.65. The molecule has 1 saturated carbocycles. The highest BCUT2D eigenvalue weighted by molar-refractivity contribution is 5.95. The van der Waals surface area contributed by atoms with Gasteiger partial charge >= 0.3 is 12.1 Å². The number of esters is 1. The second-order valence-electron chi connectivity index (χ2n) is 10.4. The molecule has 4 rings (SSSR count). The number of fused-ring (bicyclic) bond motifs is 1. The normalized spacial score (nSPS) is 26.5. The summed E-state index contributed by atoms with van der Waals surface area (Å²) in [6.07, 6.45) is 0.853. The molecule has 2 fully saturated rings. The van der Waals surface area contributed by atoms with Gasteiger partial charge in [0.2, 0.25) is 5.75 Å². The summed E-state index contributed by atoms with van der Waals surface area (Å²) in [5.74, 6) is -2.88. The van der Waals surface area contributed by atoms with Gasteiger partial charge < -0.3 is 33.8 Å². The minimum absolute atomic E-state index is 0.00892. The molecule has 1 N–H and O–H groups in total. The molecule has 190 valence electrons. The van der Waals surface area contributed by atoms with E-state index in [2.05, 4.69) is 10.2 Å². The number of alkyl carbamates (subject to hydrolysis) is 1. The van der Waals surface area contributed by atoms with Gasteiger partial charge in [0.05, 0.1) is 30.9 Å². The molecule has 0 radical (unpaired) electrons. The predicted octanol–water partition coefficient (Wildman–Crippen LogP) is 4.39. The second kappa shape index (κ2) is 8.55. The number of hydrogen-bond acceptors (Lipinski definition) is 7. The van der Waals surface area contributed by atoms with E-state index in [1.807, 2.05) is 0 Å². The van der Waals surface area contributed by atoms with E-state index in [0.717, 1.165) is 0 Å². The maximum atomic E-state index is 15.8. The summed E-state index contributed by atoms with van der Waals surface area (Å²) in [5.41, 5.74) is -1.33. The van der Waals surface area contributed by atoms with Crippen molar-refractivity contribution >= 4 is 12.1 Å². The number of benzene rings is 1. The molecule has 1 aromatic carbocycles. The first-order chi connectivity index (χ1) is 16.3. The Morgan fingerprint density at radius 1 is 1.20 bits per heavy atom. The summed E-state index contributed by atoms with van der Waals surface area (Å²) < 4.78 is 44.1. The first-order valence-corrected chi connectivity index (χ1v) is 11.7. The Hall–Kier alpha value is -3.06. The van der Waals surface area contributed by atoms with Crippen molar-refractivity contribution in [3.05, 3.63) is 33.9 Å².